The first-order chi connectivity index (χ1) is 9.38. The Morgan fingerprint density at radius 1 is 1.30 bits per heavy atom. The number of aryl methyl sites for hydroxylation is 1. The van der Waals surface area contributed by atoms with Crippen LogP contribution >= 0.6 is 0 Å². The van der Waals surface area contributed by atoms with Gasteiger partial charge in [0.2, 0.25) is 0 Å². The van der Waals surface area contributed by atoms with E-state index in [1.165, 1.54) is 6.07 Å². The Morgan fingerprint density at radius 2 is 1.95 bits per heavy atom. The molecule has 106 valence electrons. The summed E-state index contributed by atoms with van der Waals surface area (Å²) >= 11 is 0. The molecule has 1 heterocycles. The van der Waals surface area contributed by atoms with E-state index in [4.69, 9.17) is 0 Å². The second kappa shape index (κ2) is 5.03. The van der Waals surface area contributed by atoms with Crippen LogP contribution in [-0.4, -0.2) is 41.1 Å². The van der Waals surface area contributed by atoms with E-state index in [-0.39, 0.29) is 16.8 Å². The van der Waals surface area contributed by atoms with Gasteiger partial charge in [0.1, 0.15) is 6.10 Å². The second-order valence-electron chi connectivity index (χ2n) is 4.41. The van der Waals surface area contributed by atoms with E-state index in [2.05, 4.69) is 10.1 Å². The lowest BCUT2D eigenvalue weighted by molar-refractivity contribution is -0.156. The van der Waals surface area contributed by atoms with E-state index in [0.717, 1.165) is 7.11 Å². The molecule has 1 aromatic carbocycles. The average molecular weight is 279 g/mol. The van der Waals surface area contributed by atoms with Crippen LogP contribution in [-0.2, 0) is 14.3 Å². The van der Waals surface area contributed by atoms with Gasteiger partial charge in [0.05, 0.1) is 18.4 Å². The van der Waals surface area contributed by atoms with Crippen molar-refractivity contribution in [3.63, 3.8) is 0 Å². The zero-order valence-electron chi connectivity index (χ0n) is 10.8. The number of anilines is 1. The summed E-state index contributed by atoms with van der Waals surface area (Å²) in [5.41, 5.74) is 0.745. The standard InChI is InChI=1S/C13H13NO6/c1-5-3-4-6-8(10(16)12(18)14-6)7(5)9(15)11(17)13(19)20-2/h3-4,9,11,15,17H,1-2H3,(H,14,16,18). The predicted molar refractivity (Wildman–Crippen MR) is 67.1 cm³/mol. The van der Waals surface area contributed by atoms with Crippen LogP contribution in [0.2, 0.25) is 0 Å². The third kappa shape index (κ3) is 2.06. The molecular weight excluding hydrogens is 266 g/mol. The first-order valence-electron chi connectivity index (χ1n) is 5.81. The lowest BCUT2D eigenvalue weighted by Crippen LogP contribution is -2.30. The Balaban J connectivity index is 2.53. The number of hydrogen-bond acceptors (Lipinski definition) is 6. The number of esters is 1. The number of ketones is 1. The van der Waals surface area contributed by atoms with E-state index in [9.17, 15) is 24.6 Å². The fraction of sp³-hybridized carbons (Fsp3) is 0.308. The van der Waals surface area contributed by atoms with E-state index in [1.807, 2.05) is 0 Å². The number of aliphatic hydroxyl groups is 2. The summed E-state index contributed by atoms with van der Waals surface area (Å²) in [6, 6.07) is 3.09. The highest BCUT2D eigenvalue weighted by atomic mass is 16.5. The van der Waals surface area contributed by atoms with Gasteiger partial charge >= 0.3 is 5.97 Å². The van der Waals surface area contributed by atoms with Gasteiger partial charge in [-0.3, -0.25) is 9.59 Å². The molecule has 1 aromatic rings. The third-order valence-corrected chi connectivity index (χ3v) is 3.18. The number of fused-ring (bicyclic) bond motifs is 1. The van der Waals surface area contributed by atoms with Crippen LogP contribution in [0.25, 0.3) is 0 Å². The number of benzene rings is 1. The molecule has 0 aliphatic carbocycles. The molecule has 0 spiro atoms. The number of carbonyl (C=O) groups is 3. The van der Waals surface area contributed by atoms with Gasteiger partial charge in [0.25, 0.3) is 11.7 Å². The van der Waals surface area contributed by atoms with Crippen molar-refractivity contribution in [2.75, 3.05) is 12.4 Å². The number of amides is 1. The lowest BCUT2D eigenvalue weighted by atomic mass is 9.92. The molecule has 0 radical (unpaired) electrons. The minimum atomic E-state index is -1.84. The number of carbonyl (C=O) groups excluding carboxylic acids is 3. The van der Waals surface area contributed by atoms with Crippen LogP contribution in [0.5, 0.6) is 0 Å². The average Bonchev–Trinajstić information content (AvgIpc) is 2.72. The molecule has 2 atom stereocenters. The zero-order chi connectivity index (χ0) is 15.0. The maximum atomic E-state index is 11.8. The first kappa shape index (κ1) is 14.2. The molecule has 20 heavy (non-hydrogen) atoms. The predicted octanol–water partition coefficient (Wildman–Crippen LogP) is -0.303. The van der Waals surface area contributed by atoms with Crippen LogP contribution < -0.4 is 5.32 Å². The van der Waals surface area contributed by atoms with Crippen molar-refractivity contribution in [1.82, 2.24) is 0 Å². The Bertz CT molecular complexity index is 609. The maximum absolute atomic E-state index is 11.8. The molecule has 7 nitrogen and oxygen atoms in total. The molecule has 0 fully saturated rings. The van der Waals surface area contributed by atoms with Gasteiger partial charge in [0.15, 0.2) is 6.10 Å². The first-order valence-corrected chi connectivity index (χ1v) is 5.81. The van der Waals surface area contributed by atoms with Crippen molar-refractivity contribution < 1.29 is 29.3 Å². The second-order valence-corrected chi connectivity index (χ2v) is 4.41. The SMILES string of the molecule is COC(=O)C(O)C(O)c1c(C)ccc2c1C(=O)C(=O)N2. The Kier molecular flexibility index (Phi) is 3.56. The van der Waals surface area contributed by atoms with Crippen molar-refractivity contribution in [3.05, 3.63) is 28.8 Å². The van der Waals surface area contributed by atoms with Crippen LogP contribution in [0.15, 0.2) is 12.1 Å². The molecule has 0 saturated heterocycles. The number of methoxy groups -OCH3 is 1. The Labute approximate surface area is 114 Å². The Hall–Kier alpha value is -2.25. The molecule has 2 unspecified atom stereocenters. The molecule has 3 N–H and O–H groups in total. The van der Waals surface area contributed by atoms with Crippen LogP contribution in [0.3, 0.4) is 0 Å². The number of ether oxygens (including phenoxy) is 1. The molecule has 7 heteroatoms. The normalized spacial score (nSPS) is 16.4. The lowest BCUT2D eigenvalue weighted by Gasteiger charge is -2.20. The molecule has 0 bridgehead atoms. The summed E-state index contributed by atoms with van der Waals surface area (Å²) in [4.78, 5) is 34.5. The quantitative estimate of drug-likeness (QED) is 0.517. The summed E-state index contributed by atoms with van der Waals surface area (Å²) in [6.07, 6.45) is -3.50. The van der Waals surface area contributed by atoms with Gasteiger partial charge in [-0.2, -0.15) is 0 Å². The highest BCUT2D eigenvalue weighted by molar-refractivity contribution is 6.52. The topological polar surface area (TPSA) is 113 Å². The number of Topliss-reactive ketones (excluding diaryl/α,β-unsaturated/α-hetero) is 1. The van der Waals surface area contributed by atoms with Gasteiger partial charge in [-0.15, -0.1) is 0 Å². The van der Waals surface area contributed by atoms with Gasteiger partial charge in [-0.25, -0.2) is 4.79 Å². The summed E-state index contributed by atoms with van der Waals surface area (Å²) in [5, 5.41) is 22.2. The van der Waals surface area contributed by atoms with Crippen molar-refractivity contribution in [2.45, 2.75) is 19.1 Å². The van der Waals surface area contributed by atoms with Gasteiger partial charge in [0, 0.05) is 5.56 Å². The fourth-order valence-electron chi connectivity index (χ4n) is 2.15. The molecular formula is C13H13NO6. The monoisotopic (exact) mass is 279 g/mol. The third-order valence-electron chi connectivity index (χ3n) is 3.18. The summed E-state index contributed by atoms with van der Waals surface area (Å²) in [7, 11) is 1.07. The molecule has 1 amide bonds. The highest BCUT2D eigenvalue weighted by Gasteiger charge is 2.37. The van der Waals surface area contributed by atoms with Crippen LogP contribution in [0.1, 0.15) is 27.6 Å². The van der Waals surface area contributed by atoms with E-state index in [0.29, 0.717) is 5.56 Å². The van der Waals surface area contributed by atoms with Gasteiger partial charge < -0.3 is 20.3 Å². The zero-order valence-corrected chi connectivity index (χ0v) is 10.8. The highest BCUT2D eigenvalue weighted by Crippen LogP contribution is 2.34. The largest absolute Gasteiger partial charge is 0.467 e. The van der Waals surface area contributed by atoms with Crippen molar-refractivity contribution >= 4 is 23.3 Å². The number of hydrogen-bond donors (Lipinski definition) is 3. The molecule has 2 rings (SSSR count). The minimum Gasteiger partial charge on any atom is -0.467 e. The molecule has 0 saturated carbocycles. The Morgan fingerprint density at radius 3 is 2.55 bits per heavy atom. The van der Waals surface area contributed by atoms with E-state index < -0.39 is 29.9 Å². The number of nitrogens with one attached hydrogen (secondary N) is 1. The number of rotatable bonds is 3. The molecule has 0 aromatic heterocycles. The van der Waals surface area contributed by atoms with E-state index in [1.54, 1.807) is 13.0 Å². The van der Waals surface area contributed by atoms with Crippen molar-refractivity contribution in [1.29, 1.82) is 0 Å². The molecule has 1 aliphatic rings. The fourth-order valence-corrected chi connectivity index (χ4v) is 2.15. The summed E-state index contributed by atoms with van der Waals surface area (Å²) in [6.45, 7) is 1.60. The van der Waals surface area contributed by atoms with Crippen LogP contribution in [0, 0.1) is 6.92 Å². The van der Waals surface area contributed by atoms with Crippen molar-refractivity contribution in [2.24, 2.45) is 0 Å². The van der Waals surface area contributed by atoms with Gasteiger partial charge in [-0.05, 0) is 18.6 Å². The smallest absolute Gasteiger partial charge is 0.337 e. The maximum Gasteiger partial charge on any atom is 0.337 e. The van der Waals surface area contributed by atoms with Crippen molar-refractivity contribution in [3.8, 4) is 0 Å². The minimum absolute atomic E-state index is 0.0227. The van der Waals surface area contributed by atoms with E-state index >= 15 is 0 Å². The van der Waals surface area contributed by atoms with Crippen LogP contribution in [0.4, 0.5) is 5.69 Å². The number of aliphatic hydroxyl groups excluding tert-OH is 2. The summed E-state index contributed by atoms with van der Waals surface area (Å²) in [5.74, 6) is -2.65. The molecule has 1 aliphatic heterocycles. The summed E-state index contributed by atoms with van der Waals surface area (Å²) < 4.78 is 4.35. The van der Waals surface area contributed by atoms with Gasteiger partial charge in [-0.1, -0.05) is 6.07 Å².